The number of para-hydroxylation sites is 1. The van der Waals surface area contributed by atoms with Gasteiger partial charge in [-0.05, 0) is 48.8 Å². The van der Waals surface area contributed by atoms with Gasteiger partial charge in [0.25, 0.3) is 5.56 Å². The summed E-state index contributed by atoms with van der Waals surface area (Å²) in [5, 5.41) is 8.47. The van der Waals surface area contributed by atoms with E-state index in [0.717, 1.165) is 47.8 Å². The first-order valence-corrected chi connectivity index (χ1v) is 9.11. The second-order valence-electron chi connectivity index (χ2n) is 6.74. The van der Waals surface area contributed by atoms with E-state index in [2.05, 4.69) is 10.4 Å². The topological polar surface area (TPSA) is 68.9 Å². The first kappa shape index (κ1) is 16.6. The van der Waals surface area contributed by atoms with Crippen LogP contribution >= 0.6 is 0 Å². The van der Waals surface area contributed by atoms with Crippen LogP contribution in [0.4, 0.5) is 0 Å². The number of aryl methyl sites for hydroxylation is 2. The number of nitrogens with one attached hydrogen (secondary N) is 1. The van der Waals surface area contributed by atoms with Crippen molar-refractivity contribution >= 4 is 16.8 Å². The Bertz CT molecular complexity index is 1000. The molecule has 0 spiro atoms. The van der Waals surface area contributed by atoms with Crippen molar-refractivity contribution in [3.8, 4) is 0 Å². The van der Waals surface area contributed by atoms with Crippen molar-refractivity contribution in [2.24, 2.45) is 0 Å². The molecule has 0 bridgehead atoms. The van der Waals surface area contributed by atoms with Crippen LogP contribution in [0.25, 0.3) is 10.9 Å². The van der Waals surface area contributed by atoms with Crippen LogP contribution < -0.4 is 10.9 Å². The lowest BCUT2D eigenvalue weighted by molar-refractivity contribution is -0.121. The Hall–Kier alpha value is -2.89. The number of carbonyl (C=O) groups excluding carboxylic acids is 1. The second kappa shape index (κ2) is 7.15. The zero-order valence-electron chi connectivity index (χ0n) is 14.6. The fourth-order valence-electron chi connectivity index (χ4n) is 3.55. The molecule has 2 heterocycles. The van der Waals surface area contributed by atoms with E-state index in [1.54, 1.807) is 6.07 Å². The Morgan fingerprint density at radius 1 is 1.15 bits per heavy atom. The zero-order valence-corrected chi connectivity index (χ0v) is 14.6. The molecule has 1 aliphatic carbocycles. The van der Waals surface area contributed by atoms with Gasteiger partial charge in [0.1, 0.15) is 6.54 Å². The van der Waals surface area contributed by atoms with Crippen LogP contribution in [0.5, 0.6) is 0 Å². The predicted octanol–water partition coefficient (Wildman–Crippen LogP) is 1.89. The number of nitrogens with zero attached hydrogens (tertiary/aromatic N) is 3. The van der Waals surface area contributed by atoms with E-state index in [1.165, 1.54) is 4.68 Å². The highest BCUT2D eigenvalue weighted by Gasteiger charge is 2.13. The van der Waals surface area contributed by atoms with Crippen molar-refractivity contribution in [1.29, 1.82) is 0 Å². The maximum Gasteiger partial charge on any atom is 0.267 e. The van der Waals surface area contributed by atoms with Gasteiger partial charge in [-0.25, -0.2) is 4.68 Å². The third-order valence-electron chi connectivity index (χ3n) is 4.91. The average Bonchev–Trinajstić information content (AvgIpc) is 3.05. The van der Waals surface area contributed by atoms with Gasteiger partial charge in [-0.1, -0.05) is 18.2 Å². The number of fused-ring (bicyclic) bond motifs is 2. The van der Waals surface area contributed by atoms with Crippen LogP contribution in [0.2, 0.25) is 0 Å². The van der Waals surface area contributed by atoms with Gasteiger partial charge in [0.2, 0.25) is 5.91 Å². The summed E-state index contributed by atoms with van der Waals surface area (Å²) in [7, 11) is 0. The molecule has 0 atom stereocenters. The summed E-state index contributed by atoms with van der Waals surface area (Å²) < 4.78 is 3.39. The molecule has 1 aromatic carbocycles. The molecule has 0 fully saturated rings. The molecule has 26 heavy (non-hydrogen) atoms. The van der Waals surface area contributed by atoms with Crippen molar-refractivity contribution in [2.45, 2.75) is 38.8 Å². The zero-order chi connectivity index (χ0) is 17.9. The molecule has 0 aliphatic heterocycles. The fraction of sp³-hybridized carbons (Fsp3) is 0.350. The molecule has 1 aliphatic rings. The highest BCUT2D eigenvalue weighted by atomic mass is 16.2. The van der Waals surface area contributed by atoms with Crippen molar-refractivity contribution in [3.05, 3.63) is 64.2 Å². The third kappa shape index (κ3) is 3.40. The molecule has 0 unspecified atom stereocenters. The van der Waals surface area contributed by atoms with Gasteiger partial charge in [0.05, 0.1) is 12.2 Å². The Morgan fingerprint density at radius 2 is 2.00 bits per heavy atom. The van der Waals surface area contributed by atoms with Crippen molar-refractivity contribution in [3.63, 3.8) is 0 Å². The molecule has 1 amide bonds. The smallest absolute Gasteiger partial charge is 0.267 e. The van der Waals surface area contributed by atoms with Crippen LogP contribution in [0.15, 0.2) is 47.4 Å². The molecule has 0 radical (unpaired) electrons. The van der Waals surface area contributed by atoms with E-state index in [-0.39, 0.29) is 18.0 Å². The predicted molar refractivity (Wildman–Crippen MR) is 100 cm³/mol. The SMILES string of the molecule is O=C(Cn1ccc2ccccc21)NCCn1nc2c(cc1=O)CCCC2. The summed E-state index contributed by atoms with van der Waals surface area (Å²) >= 11 is 0. The lowest BCUT2D eigenvalue weighted by atomic mass is 9.97. The summed E-state index contributed by atoms with van der Waals surface area (Å²) in [6.45, 7) is 1.05. The van der Waals surface area contributed by atoms with Crippen LogP contribution in [-0.2, 0) is 30.7 Å². The van der Waals surface area contributed by atoms with Crippen LogP contribution in [0.1, 0.15) is 24.1 Å². The Labute approximate surface area is 151 Å². The van der Waals surface area contributed by atoms with E-state index >= 15 is 0 Å². The Morgan fingerprint density at radius 3 is 2.92 bits per heavy atom. The molecular weight excluding hydrogens is 328 g/mol. The van der Waals surface area contributed by atoms with Gasteiger partial charge in [-0.15, -0.1) is 0 Å². The molecule has 2 aromatic heterocycles. The third-order valence-corrected chi connectivity index (χ3v) is 4.91. The highest BCUT2D eigenvalue weighted by Crippen LogP contribution is 2.17. The van der Waals surface area contributed by atoms with E-state index in [4.69, 9.17) is 0 Å². The number of benzene rings is 1. The lowest BCUT2D eigenvalue weighted by Gasteiger charge is -2.16. The molecule has 3 aromatic rings. The van der Waals surface area contributed by atoms with E-state index in [0.29, 0.717) is 13.1 Å². The fourth-order valence-corrected chi connectivity index (χ4v) is 3.55. The summed E-state index contributed by atoms with van der Waals surface area (Å²) in [5.74, 6) is -0.0719. The maximum absolute atomic E-state index is 12.2. The average molecular weight is 350 g/mol. The minimum absolute atomic E-state index is 0.0719. The van der Waals surface area contributed by atoms with Gasteiger partial charge >= 0.3 is 0 Å². The maximum atomic E-state index is 12.2. The summed E-state index contributed by atoms with van der Waals surface area (Å²) in [6.07, 6.45) is 6.05. The Kier molecular flexibility index (Phi) is 4.56. The molecule has 4 rings (SSSR count). The first-order chi connectivity index (χ1) is 12.7. The summed E-state index contributed by atoms with van der Waals surface area (Å²) in [4.78, 5) is 24.4. The number of carbonyl (C=O) groups is 1. The molecule has 0 saturated heterocycles. The van der Waals surface area contributed by atoms with Gasteiger partial charge in [0, 0.05) is 24.3 Å². The number of rotatable bonds is 5. The monoisotopic (exact) mass is 350 g/mol. The molecule has 134 valence electrons. The molecule has 6 heteroatoms. The standard InChI is InChI=1S/C20H22N4O2/c25-19(14-23-11-9-15-5-2-4-8-18(15)23)21-10-12-24-20(26)13-16-6-1-3-7-17(16)22-24/h2,4-5,8-9,11,13H,1,3,6-7,10,12,14H2,(H,21,25). The van der Waals surface area contributed by atoms with Gasteiger partial charge in [-0.3, -0.25) is 9.59 Å². The lowest BCUT2D eigenvalue weighted by Crippen LogP contribution is -2.34. The molecular formula is C20H22N4O2. The quantitative estimate of drug-likeness (QED) is 0.764. The largest absolute Gasteiger partial charge is 0.353 e. The Balaban J connectivity index is 1.36. The highest BCUT2D eigenvalue weighted by molar-refractivity contribution is 5.83. The van der Waals surface area contributed by atoms with Crippen LogP contribution in [-0.4, -0.2) is 26.8 Å². The normalized spacial score (nSPS) is 13.5. The van der Waals surface area contributed by atoms with E-state index in [1.807, 2.05) is 41.1 Å². The summed E-state index contributed by atoms with van der Waals surface area (Å²) in [6, 6.07) is 11.7. The van der Waals surface area contributed by atoms with Crippen molar-refractivity contribution in [1.82, 2.24) is 19.7 Å². The van der Waals surface area contributed by atoms with Gasteiger partial charge in [-0.2, -0.15) is 5.10 Å². The number of hydrogen-bond acceptors (Lipinski definition) is 3. The molecule has 6 nitrogen and oxygen atoms in total. The van der Waals surface area contributed by atoms with Crippen molar-refractivity contribution in [2.75, 3.05) is 6.54 Å². The van der Waals surface area contributed by atoms with Gasteiger partial charge in [0.15, 0.2) is 0 Å². The van der Waals surface area contributed by atoms with Crippen molar-refractivity contribution < 1.29 is 4.79 Å². The minimum atomic E-state index is -0.0868. The number of amides is 1. The molecule has 1 N–H and O–H groups in total. The number of hydrogen-bond donors (Lipinski definition) is 1. The molecule has 0 saturated carbocycles. The van der Waals surface area contributed by atoms with Gasteiger partial charge < -0.3 is 9.88 Å². The van der Waals surface area contributed by atoms with Crippen LogP contribution in [0.3, 0.4) is 0 Å². The van der Waals surface area contributed by atoms with E-state index < -0.39 is 0 Å². The van der Waals surface area contributed by atoms with Crippen LogP contribution in [0, 0.1) is 0 Å². The second-order valence-corrected chi connectivity index (χ2v) is 6.74. The first-order valence-electron chi connectivity index (χ1n) is 9.11. The van der Waals surface area contributed by atoms with E-state index in [9.17, 15) is 9.59 Å². The number of aromatic nitrogens is 3. The minimum Gasteiger partial charge on any atom is -0.353 e. The summed E-state index contributed by atoms with van der Waals surface area (Å²) in [5.41, 5.74) is 3.06.